The van der Waals surface area contributed by atoms with Gasteiger partial charge in [0.1, 0.15) is 5.82 Å². The van der Waals surface area contributed by atoms with Gasteiger partial charge in [-0.1, -0.05) is 43.3 Å². The minimum absolute atomic E-state index is 0.0228. The summed E-state index contributed by atoms with van der Waals surface area (Å²) in [6, 6.07) is 15.9. The van der Waals surface area contributed by atoms with Crippen LogP contribution in [0, 0.1) is 6.92 Å². The Kier molecular flexibility index (Phi) is 4.73. The number of H-pyrrole nitrogens is 1. The summed E-state index contributed by atoms with van der Waals surface area (Å²) >= 11 is 0. The molecule has 0 saturated carbocycles. The summed E-state index contributed by atoms with van der Waals surface area (Å²) < 4.78 is 0. The lowest BCUT2D eigenvalue weighted by molar-refractivity contribution is -0.121. The number of nitrogens with zero attached hydrogens (tertiary/aromatic N) is 3. The minimum Gasteiger partial charge on any atom is -0.325 e. The van der Waals surface area contributed by atoms with Crippen LogP contribution in [0.4, 0.5) is 5.69 Å². The van der Waals surface area contributed by atoms with E-state index in [-0.39, 0.29) is 11.9 Å². The first kappa shape index (κ1) is 17.4. The number of aromatic nitrogens is 3. The molecule has 0 spiro atoms. The molecule has 1 aromatic heterocycles. The van der Waals surface area contributed by atoms with Gasteiger partial charge in [-0.2, -0.15) is 5.10 Å². The SMILES string of the molecule is CCN1Cc2ccccc2CC1C(=O)Nc1cccc(-c2n[nH]c(C)n2)c1. The number of likely N-dealkylation sites (N-methyl/N-ethyl adjacent to an activating group) is 1. The minimum atomic E-state index is -0.167. The highest BCUT2D eigenvalue weighted by molar-refractivity contribution is 5.95. The summed E-state index contributed by atoms with van der Waals surface area (Å²) in [4.78, 5) is 19.6. The highest BCUT2D eigenvalue weighted by Gasteiger charge is 2.30. The first-order valence-corrected chi connectivity index (χ1v) is 9.25. The predicted molar refractivity (Wildman–Crippen MR) is 105 cm³/mol. The highest BCUT2D eigenvalue weighted by atomic mass is 16.2. The van der Waals surface area contributed by atoms with Gasteiger partial charge >= 0.3 is 0 Å². The van der Waals surface area contributed by atoms with Crippen molar-refractivity contribution in [3.63, 3.8) is 0 Å². The van der Waals surface area contributed by atoms with Crippen molar-refractivity contribution >= 4 is 11.6 Å². The van der Waals surface area contributed by atoms with Crippen LogP contribution >= 0.6 is 0 Å². The molecule has 2 N–H and O–H groups in total. The number of nitrogens with one attached hydrogen (secondary N) is 2. The Labute approximate surface area is 158 Å². The molecule has 6 nitrogen and oxygen atoms in total. The van der Waals surface area contributed by atoms with Gasteiger partial charge < -0.3 is 5.32 Å². The monoisotopic (exact) mass is 361 g/mol. The Balaban J connectivity index is 1.53. The van der Waals surface area contributed by atoms with Gasteiger partial charge in [0.05, 0.1) is 6.04 Å². The van der Waals surface area contributed by atoms with Crippen molar-refractivity contribution in [2.45, 2.75) is 32.9 Å². The van der Waals surface area contributed by atoms with Gasteiger partial charge in [-0.05, 0) is 43.1 Å². The summed E-state index contributed by atoms with van der Waals surface area (Å²) in [5.41, 5.74) is 4.20. The number of aromatic amines is 1. The van der Waals surface area contributed by atoms with E-state index < -0.39 is 0 Å². The summed E-state index contributed by atoms with van der Waals surface area (Å²) in [6.45, 7) is 5.60. The lowest BCUT2D eigenvalue weighted by Crippen LogP contribution is -2.47. The average Bonchev–Trinajstić information content (AvgIpc) is 3.13. The Morgan fingerprint density at radius 2 is 2.04 bits per heavy atom. The molecule has 1 unspecified atom stereocenters. The normalized spacial score (nSPS) is 16.7. The Morgan fingerprint density at radius 3 is 2.78 bits per heavy atom. The van der Waals surface area contributed by atoms with Crippen molar-refractivity contribution in [1.82, 2.24) is 20.1 Å². The van der Waals surface area contributed by atoms with Crippen molar-refractivity contribution in [3.05, 3.63) is 65.5 Å². The molecule has 0 bridgehead atoms. The van der Waals surface area contributed by atoms with Crippen LogP contribution in [0.1, 0.15) is 23.9 Å². The number of anilines is 1. The second-order valence-electron chi connectivity index (χ2n) is 6.87. The molecule has 1 aliphatic heterocycles. The third-order valence-electron chi connectivity index (χ3n) is 5.04. The maximum atomic E-state index is 13.0. The van der Waals surface area contributed by atoms with Crippen molar-refractivity contribution in [2.24, 2.45) is 0 Å². The first-order chi connectivity index (χ1) is 13.1. The molecule has 0 radical (unpaired) electrons. The van der Waals surface area contributed by atoms with Gasteiger partial charge in [0.2, 0.25) is 5.91 Å². The number of benzene rings is 2. The molecule has 27 heavy (non-hydrogen) atoms. The molecule has 0 aliphatic carbocycles. The number of amides is 1. The van der Waals surface area contributed by atoms with Crippen LogP contribution in [0.3, 0.4) is 0 Å². The molecule has 2 heterocycles. The van der Waals surface area contributed by atoms with Crippen molar-refractivity contribution in [1.29, 1.82) is 0 Å². The third-order valence-corrected chi connectivity index (χ3v) is 5.04. The van der Waals surface area contributed by atoms with E-state index in [0.29, 0.717) is 5.82 Å². The Bertz CT molecular complexity index is 964. The molecule has 4 rings (SSSR count). The van der Waals surface area contributed by atoms with E-state index >= 15 is 0 Å². The largest absolute Gasteiger partial charge is 0.325 e. The molecule has 3 aromatic rings. The van der Waals surface area contributed by atoms with Crippen LogP contribution in [0.15, 0.2) is 48.5 Å². The van der Waals surface area contributed by atoms with E-state index in [0.717, 1.165) is 36.6 Å². The summed E-state index contributed by atoms with van der Waals surface area (Å²) in [6.07, 6.45) is 0.732. The van der Waals surface area contributed by atoms with Crippen LogP contribution in [0.2, 0.25) is 0 Å². The van der Waals surface area contributed by atoms with Gasteiger partial charge in [0.25, 0.3) is 0 Å². The van der Waals surface area contributed by atoms with E-state index in [4.69, 9.17) is 0 Å². The second-order valence-corrected chi connectivity index (χ2v) is 6.87. The number of carbonyl (C=O) groups is 1. The zero-order valence-electron chi connectivity index (χ0n) is 15.6. The summed E-state index contributed by atoms with van der Waals surface area (Å²) in [5.74, 6) is 1.42. The Morgan fingerprint density at radius 1 is 1.22 bits per heavy atom. The molecule has 2 aromatic carbocycles. The van der Waals surface area contributed by atoms with Crippen molar-refractivity contribution < 1.29 is 4.79 Å². The fraction of sp³-hybridized carbons (Fsp3) is 0.286. The number of hydrogen-bond acceptors (Lipinski definition) is 4. The fourth-order valence-corrected chi connectivity index (χ4v) is 3.60. The standard InChI is InChI=1S/C21H23N5O/c1-3-26-13-17-8-5-4-7-15(17)12-19(26)21(27)23-18-10-6-9-16(11-18)20-22-14(2)24-25-20/h4-11,19H,3,12-13H2,1-2H3,(H,23,27)(H,22,24,25). The molecule has 1 atom stereocenters. The predicted octanol–water partition coefficient (Wildman–Crippen LogP) is 3.17. The van der Waals surface area contributed by atoms with Gasteiger partial charge in [0.15, 0.2) is 5.82 Å². The molecule has 0 fully saturated rings. The van der Waals surface area contributed by atoms with Crippen LogP contribution in [0.25, 0.3) is 11.4 Å². The molecule has 0 saturated heterocycles. The summed E-state index contributed by atoms with van der Waals surface area (Å²) in [7, 11) is 0. The van der Waals surface area contributed by atoms with Crippen molar-refractivity contribution in [3.8, 4) is 11.4 Å². The molecule has 6 heteroatoms. The van der Waals surface area contributed by atoms with E-state index in [1.807, 2.05) is 37.3 Å². The number of fused-ring (bicyclic) bond motifs is 1. The zero-order valence-corrected chi connectivity index (χ0v) is 15.6. The summed E-state index contributed by atoms with van der Waals surface area (Å²) in [5, 5.41) is 10.1. The maximum Gasteiger partial charge on any atom is 0.242 e. The lowest BCUT2D eigenvalue weighted by atomic mass is 9.93. The van der Waals surface area contributed by atoms with Crippen LogP contribution in [-0.2, 0) is 17.8 Å². The number of rotatable bonds is 4. The van der Waals surface area contributed by atoms with Crippen LogP contribution in [0.5, 0.6) is 0 Å². The van der Waals surface area contributed by atoms with E-state index in [2.05, 4.69) is 50.5 Å². The van der Waals surface area contributed by atoms with E-state index in [9.17, 15) is 4.79 Å². The van der Waals surface area contributed by atoms with Crippen LogP contribution in [-0.4, -0.2) is 38.6 Å². The van der Waals surface area contributed by atoms with Crippen LogP contribution < -0.4 is 5.32 Å². The average molecular weight is 361 g/mol. The lowest BCUT2D eigenvalue weighted by Gasteiger charge is -2.35. The number of hydrogen-bond donors (Lipinski definition) is 2. The van der Waals surface area contributed by atoms with E-state index in [1.54, 1.807) is 0 Å². The molecule has 1 amide bonds. The smallest absolute Gasteiger partial charge is 0.242 e. The second kappa shape index (κ2) is 7.32. The number of carbonyl (C=O) groups excluding carboxylic acids is 1. The zero-order chi connectivity index (χ0) is 18.8. The topological polar surface area (TPSA) is 73.9 Å². The first-order valence-electron chi connectivity index (χ1n) is 9.25. The van der Waals surface area contributed by atoms with Gasteiger partial charge in [0, 0.05) is 17.8 Å². The van der Waals surface area contributed by atoms with Gasteiger partial charge in [-0.25, -0.2) is 4.98 Å². The maximum absolute atomic E-state index is 13.0. The van der Waals surface area contributed by atoms with Crippen molar-refractivity contribution in [2.75, 3.05) is 11.9 Å². The molecule has 138 valence electrons. The molecule has 1 aliphatic rings. The fourth-order valence-electron chi connectivity index (χ4n) is 3.60. The Hall–Kier alpha value is -2.99. The van der Waals surface area contributed by atoms with Gasteiger partial charge in [-0.15, -0.1) is 0 Å². The number of aryl methyl sites for hydroxylation is 1. The molecular weight excluding hydrogens is 338 g/mol. The van der Waals surface area contributed by atoms with E-state index in [1.165, 1.54) is 11.1 Å². The third kappa shape index (κ3) is 3.61. The highest BCUT2D eigenvalue weighted by Crippen LogP contribution is 2.25. The molecular formula is C21H23N5O. The quantitative estimate of drug-likeness (QED) is 0.749. The van der Waals surface area contributed by atoms with Gasteiger partial charge in [-0.3, -0.25) is 14.8 Å².